The molecule has 0 bridgehead atoms. The van der Waals surface area contributed by atoms with E-state index in [-0.39, 0.29) is 18.9 Å². The van der Waals surface area contributed by atoms with E-state index >= 15 is 0 Å². The van der Waals surface area contributed by atoms with E-state index < -0.39 is 5.91 Å². The van der Waals surface area contributed by atoms with E-state index in [0.29, 0.717) is 46.5 Å². The Morgan fingerprint density at radius 1 is 1.09 bits per heavy atom. The molecular formula is C24H20ClN5O3. The number of nitrogens with zero attached hydrogens (tertiary/aromatic N) is 4. The lowest BCUT2D eigenvalue weighted by Crippen LogP contribution is -2.40. The van der Waals surface area contributed by atoms with Crippen molar-refractivity contribution in [2.45, 2.75) is 19.5 Å². The second-order valence-electron chi connectivity index (χ2n) is 7.79. The van der Waals surface area contributed by atoms with Gasteiger partial charge >= 0.3 is 0 Å². The number of fused-ring (bicyclic) bond motifs is 1. The molecule has 0 saturated carbocycles. The first-order valence-electron chi connectivity index (χ1n) is 10.4. The van der Waals surface area contributed by atoms with E-state index in [4.69, 9.17) is 21.8 Å². The maximum atomic E-state index is 13.0. The fraction of sp³-hybridized carbons (Fsp3) is 0.167. The number of amides is 2. The molecule has 3 heterocycles. The average molecular weight is 462 g/mol. The van der Waals surface area contributed by atoms with Crippen LogP contribution in [0.2, 0.25) is 5.02 Å². The summed E-state index contributed by atoms with van der Waals surface area (Å²) < 4.78 is 7.06. The van der Waals surface area contributed by atoms with Gasteiger partial charge in [-0.2, -0.15) is 5.10 Å². The largest absolute Gasteiger partial charge is 0.445 e. The summed E-state index contributed by atoms with van der Waals surface area (Å²) in [5.41, 5.74) is 9.59. The number of rotatable bonds is 5. The zero-order valence-corrected chi connectivity index (χ0v) is 18.3. The van der Waals surface area contributed by atoms with E-state index in [1.807, 2.05) is 30.3 Å². The number of primary amides is 1. The maximum absolute atomic E-state index is 13.0. The van der Waals surface area contributed by atoms with Crippen LogP contribution in [0.3, 0.4) is 0 Å². The molecule has 0 unspecified atom stereocenters. The van der Waals surface area contributed by atoms with Gasteiger partial charge in [0.2, 0.25) is 11.8 Å². The molecule has 0 spiro atoms. The third kappa shape index (κ3) is 4.12. The highest BCUT2D eigenvalue weighted by molar-refractivity contribution is 6.30. The molecule has 0 aliphatic carbocycles. The first-order chi connectivity index (χ1) is 16.0. The van der Waals surface area contributed by atoms with Crippen molar-refractivity contribution in [1.29, 1.82) is 0 Å². The molecule has 1 aliphatic rings. The number of oxazole rings is 1. The van der Waals surface area contributed by atoms with Crippen molar-refractivity contribution in [2.24, 2.45) is 5.73 Å². The molecule has 9 heteroatoms. The van der Waals surface area contributed by atoms with Gasteiger partial charge in [0.05, 0.1) is 37.0 Å². The van der Waals surface area contributed by atoms with Crippen LogP contribution in [-0.4, -0.2) is 38.0 Å². The highest BCUT2D eigenvalue weighted by Gasteiger charge is 2.29. The van der Waals surface area contributed by atoms with E-state index in [1.165, 1.54) is 6.26 Å². The Labute approximate surface area is 194 Å². The van der Waals surface area contributed by atoms with Crippen molar-refractivity contribution in [3.63, 3.8) is 0 Å². The van der Waals surface area contributed by atoms with E-state index in [9.17, 15) is 9.59 Å². The van der Waals surface area contributed by atoms with Gasteiger partial charge in [0.25, 0.3) is 5.91 Å². The molecular weight excluding hydrogens is 442 g/mol. The lowest BCUT2D eigenvalue weighted by atomic mass is 10.0. The van der Waals surface area contributed by atoms with E-state index in [2.05, 4.69) is 10.1 Å². The van der Waals surface area contributed by atoms with E-state index in [1.54, 1.807) is 34.0 Å². The average Bonchev–Trinajstić information content (AvgIpc) is 3.47. The highest BCUT2D eigenvalue weighted by Crippen LogP contribution is 2.30. The standard InChI is InChI=1S/C24H20ClN5O3/c25-18-3-1-2-17(13-18)22-21(23(26)32)19-14-29(9-10-30(19)28-22)20(31)12-15-4-6-16(7-5-15)24-27-8-11-33-24/h1-8,11,13H,9-10,12,14H2,(H2,26,32). The van der Waals surface area contributed by atoms with Crippen molar-refractivity contribution in [1.82, 2.24) is 19.7 Å². The molecule has 0 saturated heterocycles. The topological polar surface area (TPSA) is 107 Å². The minimum atomic E-state index is -0.581. The van der Waals surface area contributed by atoms with Crippen LogP contribution < -0.4 is 5.73 Å². The number of nitrogens with two attached hydrogens (primary N) is 1. The lowest BCUT2D eigenvalue weighted by Gasteiger charge is -2.28. The Morgan fingerprint density at radius 3 is 2.61 bits per heavy atom. The number of aromatic nitrogens is 3. The second kappa shape index (κ2) is 8.55. The van der Waals surface area contributed by atoms with Crippen LogP contribution >= 0.6 is 11.6 Å². The fourth-order valence-corrected chi connectivity index (χ4v) is 4.24. The molecule has 0 radical (unpaired) electrons. The Hall–Kier alpha value is -3.91. The van der Waals surface area contributed by atoms with Crippen LogP contribution in [-0.2, 0) is 24.3 Å². The van der Waals surface area contributed by atoms with Gasteiger partial charge < -0.3 is 15.1 Å². The normalized spacial score (nSPS) is 13.1. The summed E-state index contributed by atoms with van der Waals surface area (Å²) >= 11 is 6.12. The van der Waals surface area contributed by atoms with Gasteiger partial charge in [-0.1, -0.05) is 35.9 Å². The minimum Gasteiger partial charge on any atom is -0.445 e. The Bertz CT molecular complexity index is 1330. The van der Waals surface area contributed by atoms with Gasteiger partial charge in [0.15, 0.2) is 0 Å². The van der Waals surface area contributed by atoms with Gasteiger partial charge in [-0.05, 0) is 29.8 Å². The molecule has 5 rings (SSSR count). The third-order valence-electron chi connectivity index (χ3n) is 5.67. The number of halogens is 1. The number of carbonyl (C=O) groups excluding carboxylic acids is 2. The Balaban J connectivity index is 1.36. The molecule has 0 fully saturated rings. The summed E-state index contributed by atoms with van der Waals surface area (Å²) in [5, 5.41) is 5.14. The lowest BCUT2D eigenvalue weighted by molar-refractivity contribution is -0.132. The van der Waals surface area contributed by atoms with Crippen LogP contribution in [0.25, 0.3) is 22.7 Å². The minimum absolute atomic E-state index is 0.0361. The molecule has 166 valence electrons. The van der Waals surface area contributed by atoms with Crippen molar-refractivity contribution in [3.05, 3.63) is 82.8 Å². The van der Waals surface area contributed by atoms with Gasteiger partial charge in [0, 0.05) is 22.7 Å². The number of benzene rings is 2. The molecule has 8 nitrogen and oxygen atoms in total. The zero-order chi connectivity index (χ0) is 22.9. The van der Waals surface area contributed by atoms with E-state index in [0.717, 1.165) is 11.1 Å². The highest BCUT2D eigenvalue weighted by atomic mass is 35.5. The smallest absolute Gasteiger partial charge is 0.252 e. The molecule has 2 amide bonds. The first-order valence-corrected chi connectivity index (χ1v) is 10.8. The van der Waals surface area contributed by atoms with Gasteiger partial charge in [-0.15, -0.1) is 0 Å². The predicted molar refractivity (Wildman–Crippen MR) is 122 cm³/mol. The van der Waals surface area contributed by atoms with Crippen molar-refractivity contribution < 1.29 is 14.0 Å². The van der Waals surface area contributed by atoms with Gasteiger partial charge in [-0.25, -0.2) is 4.98 Å². The Kier molecular flexibility index (Phi) is 5.43. The summed E-state index contributed by atoms with van der Waals surface area (Å²) in [7, 11) is 0. The summed E-state index contributed by atoms with van der Waals surface area (Å²) in [6.45, 7) is 1.24. The van der Waals surface area contributed by atoms with Crippen LogP contribution in [0.4, 0.5) is 0 Å². The Morgan fingerprint density at radius 2 is 1.91 bits per heavy atom. The van der Waals surface area contributed by atoms with Gasteiger partial charge in [-0.3, -0.25) is 14.3 Å². The van der Waals surface area contributed by atoms with Crippen LogP contribution in [0.1, 0.15) is 21.6 Å². The monoisotopic (exact) mass is 461 g/mol. The van der Waals surface area contributed by atoms with Crippen LogP contribution in [0.5, 0.6) is 0 Å². The molecule has 1 aliphatic heterocycles. The number of carbonyl (C=O) groups is 2. The molecule has 4 aromatic rings. The number of hydrogen-bond donors (Lipinski definition) is 1. The maximum Gasteiger partial charge on any atom is 0.252 e. The van der Waals surface area contributed by atoms with Crippen LogP contribution in [0, 0.1) is 0 Å². The summed E-state index contributed by atoms with van der Waals surface area (Å²) in [6.07, 6.45) is 3.35. The molecule has 33 heavy (non-hydrogen) atoms. The third-order valence-corrected chi connectivity index (χ3v) is 5.90. The summed E-state index contributed by atoms with van der Waals surface area (Å²) in [5.74, 6) is -0.0830. The number of hydrogen-bond acceptors (Lipinski definition) is 5. The molecule has 0 atom stereocenters. The zero-order valence-electron chi connectivity index (χ0n) is 17.6. The van der Waals surface area contributed by atoms with Crippen molar-refractivity contribution >= 4 is 23.4 Å². The molecule has 2 N–H and O–H groups in total. The molecule has 2 aromatic heterocycles. The van der Waals surface area contributed by atoms with Crippen molar-refractivity contribution in [2.75, 3.05) is 6.54 Å². The first kappa shape index (κ1) is 21.0. The van der Waals surface area contributed by atoms with Crippen molar-refractivity contribution in [3.8, 4) is 22.7 Å². The predicted octanol–water partition coefficient (Wildman–Crippen LogP) is 3.54. The SMILES string of the molecule is NC(=O)c1c(-c2cccc(Cl)c2)nn2c1CN(C(=O)Cc1ccc(-c3ncco3)cc1)CC2. The quantitative estimate of drug-likeness (QED) is 0.489. The fourth-order valence-electron chi connectivity index (χ4n) is 4.04. The molecule has 2 aromatic carbocycles. The second-order valence-corrected chi connectivity index (χ2v) is 8.23. The van der Waals surface area contributed by atoms with Gasteiger partial charge in [0.1, 0.15) is 12.0 Å². The summed E-state index contributed by atoms with van der Waals surface area (Å²) in [4.78, 5) is 31.2. The van der Waals surface area contributed by atoms with Crippen LogP contribution in [0.15, 0.2) is 65.4 Å². The summed E-state index contributed by atoms with van der Waals surface area (Å²) in [6, 6.07) is 14.7.